The van der Waals surface area contributed by atoms with Crippen molar-refractivity contribution in [2.24, 2.45) is 0 Å². The Balaban J connectivity index is 1.50. The molecule has 0 spiro atoms. The monoisotopic (exact) mass is 348 g/mol. The first kappa shape index (κ1) is 17.3. The smallest absolute Gasteiger partial charge is 0.249 e. The highest BCUT2D eigenvalue weighted by atomic mass is 32.2. The molecule has 2 aliphatic heterocycles. The first-order valence-corrected chi connectivity index (χ1v) is 9.69. The number of hydrogen-bond acceptors (Lipinski definition) is 4. The zero-order chi connectivity index (χ0) is 16.8. The summed E-state index contributed by atoms with van der Waals surface area (Å²) in [4.78, 5) is 28.8. The highest BCUT2D eigenvalue weighted by Gasteiger charge is 2.36. The Morgan fingerprint density at radius 2 is 1.88 bits per heavy atom. The number of ether oxygens (including phenoxy) is 1. The number of carbonyl (C=O) groups excluding carboxylic acids is 2. The van der Waals surface area contributed by atoms with Crippen molar-refractivity contribution >= 4 is 23.6 Å². The predicted octanol–water partition coefficient (Wildman–Crippen LogP) is 1.77. The van der Waals surface area contributed by atoms with Gasteiger partial charge in [0.25, 0.3) is 0 Å². The number of carbonyl (C=O) groups is 2. The van der Waals surface area contributed by atoms with Crippen molar-refractivity contribution in [1.29, 1.82) is 0 Å². The lowest BCUT2D eigenvalue weighted by Gasteiger charge is -2.32. The minimum absolute atomic E-state index is 0.0362. The Labute approximate surface area is 147 Å². The van der Waals surface area contributed by atoms with Crippen LogP contribution >= 0.6 is 11.8 Å². The summed E-state index contributed by atoms with van der Waals surface area (Å²) in [6.07, 6.45) is 1.66. The summed E-state index contributed by atoms with van der Waals surface area (Å²) >= 11 is 1.88. The Hall–Kier alpha value is -1.53. The molecule has 0 radical (unpaired) electrons. The van der Waals surface area contributed by atoms with Gasteiger partial charge in [-0.15, -0.1) is 0 Å². The molecule has 2 heterocycles. The number of thioether (sulfide) groups is 1. The van der Waals surface area contributed by atoms with Gasteiger partial charge in [-0.1, -0.05) is 30.3 Å². The van der Waals surface area contributed by atoms with E-state index in [-0.39, 0.29) is 24.5 Å². The second-order valence-electron chi connectivity index (χ2n) is 6.16. The summed E-state index contributed by atoms with van der Waals surface area (Å²) in [5.41, 5.74) is 1.05. The van der Waals surface area contributed by atoms with Gasteiger partial charge in [0.1, 0.15) is 12.6 Å². The fraction of sp³-hybridized carbons (Fsp3) is 0.556. The van der Waals surface area contributed by atoms with Crippen LogP contribution in [0.2, 0.25) is 0 Å². The third kappa shape index (κ3) is 4.30. The molecule has 0 aromatic heterocycles. The summed E-state index contributed by atoms with van der Waals surface area (Å²) in [6, 6.07) is 9.51. The van der Waals surface area contributed by atoms with E-state index in [1.807, 2.05) is 47.0 Å². The SMILES string of the molecule is O=C([C@@H]1CCCN1C(=O)COCc1ccccc1)N1CCSCC1. The maximum Gasteiger partial charge on any atom is 0.249 e. The van der Waals surface area contributed by atoms with Crippen molar-refractivity contribution in [2.75, 3.05) is 37.7 Å². The van der Waals surface area contributed by atoms with Crippen molar-refractivity contribution in [3.8, 4) is 0 Å². The molecular formula is C18H24N2O3S. The molecule has 5 nitrogen and oxygen atoms in total. The van der Waals surface area contributed by atoms with Gasteiger partial charge in [-0.25, -0.2) is 0 Å². The molecule has 1 atom stereocenters. The quantitative estimate of drug-likeness (QED) is 0.814. The normalized spacial score (nSPS) is 21.1. The lowest BCUT2D eigenvalue weighted by Crippen LogP contribution is -2.50. The van der Waals surface area contributed by atoms with Crippen LogP contribution in [0.5, 0.6) is 0 Å². The minimum atomic E-state index is -0.291. The average Bonchev–Trinajstić information content (AvgIpc) is 3.12. The number of benzene rings is 1. The Morgan fingerprint density at radius 1 is 1.12 bits per heavy atom. The van der Waals surface area contributed by atoms with Crippen LogP contribution in [0.1, 0.15) is 18.4 Å². The Kier molecular flexibility index (Phi) is 6.15. The van der Waals surface area contributed by atoms with Gasteiger partial charge in [0.2, 0.25) is 11.8 Å². The molecular weight excluding hydrogens is 324 g/mol. The van der Waals surface area contributed by atoms with Gasteiger partial charge in [-0.2, -0.15) is 11.8 Å². The van der Waals surface area contributed by atoms with E-state index >= 15 is 0 Å². The number of rotatable bonds is 5. The molecule has 2 saturated heterocycles. The molecule has 2 amide bonds. The van der Waals surface area contributed by atoms with Crippen molar-refractivity contribution in [2.45, 2.75) is 25.5 Å². The summed E-state index contributed by atoms with van der Waals surface area (Å²) in [5, 5.41) is 0. The van der Waals surface area contributed by atoms with Gasteiger partial charge < -0.3 is 14.5 Å². The maximum atomic E-state index is 12.7. The van der Waals surface area contributed by atoms with Crippen LogP contribution in [0, 0.1) is 0 Å². The lowest BCUT2D eigenvalue weighted by molar-refractivity contribution is -0.146. The van der Waals surface area contributed by atoms with Gasteiger partial charge >= 0.3 is 0 Å². The fourth-order valence-electron chi connectivity index (χ4n) is 3.23. The van der Waals surface area contributed by atoms with E-state index in [4.69, 9.17) is 4.74 Å². The summed E-state index contributed by atoms with van der Waals surface area (Å²) in [5.74, 6) is 2.02. The second kappa shape index (κ2) is 8.53. The Morgan fingerprint density at radius 3 is 2.62 bits per heavy atom. The number of amides is 2. The van der Waals surface area contributed by atoms with Gasteiger partial charge in [-0.3, -0.25) is 9.59 Å². The van der Waals surface area contributed by atoms with E-state index in [2.05, 4.69) is 0 Å². The molecule has 130 valence electrons. The molecule has 0 bridgehead atoms. The van der Waals surface area contributed by atoms with E-state index in [0.29, 0.717) is 13.2 Å². The highest BCUT2D eigenvalue weighted by molar-refractivity contribution is 7.99. The van der Waals surface area contributed by atoms with Gasteiger partial charge in [-0.05, 0) is 18.4 Å². The minimum Gasteiger partial charge on any atom is -0.367 e. The topological polar surface area (TPSA) is 49.9 Å². The average molecular weight is 348 g/mol. The molecule has 2 fully saturated rings. The molecule has 3 rings (SSSR count). The molecule has 1 aromatic carbocycles. The van der Waals surface area contributed by atoms with Crippen LogP contribution < -0.4 is 0 Å². The zero-order valence-electron chi connectivity index (χ0n) is 13.9. The lowest BCUT2D eigenvalue weighted by atomic mass is 10.2. The standard InChI is InChI=1S/C18H24N2O3S/c21-17(14-23-13-15-5-2-1-3-6-15)20-8-4-7-16(20)18(22)19-9-11-24-12-10-19/h1-3,5-6,16H,4,7-14H2/t16-/m0/s1. The van der Waals surface area contributed by atoms with E-state index < -0.39 is 0 Å². The van der Waals surface area contributed by atoms with Crippen molar-refractivity contribution < 1.29 is 14.3 Å². The first-order valence-electron chi connectivity index (χ1n) is 8.53. The van der Waals surface area contributed by atoms with Crippen molar-refractivity contribution in [3.05, 3.63) is 35.9 Å². The van der Waals surface area contributed by atoms with Crippen LogP contribution in [-0.4, -0.2) is 65.4 Å². The van der Waals surface area contributed by atoms with E-state index in [9.17, 15) is 9.59 Å². The molecule has 2 aliphatic rings. The molecule has 0 N–H and O–H groups in total. The number of likely N-dealkylation sites (tertiary alicyclic amines) is 1. The number of hydrogen-bond donors (Lipinski definition) is 0. The van der Waals surface area contributed by atoms with Gasteiger partial charge in [0, 0.05) is 31.1 Å². The maximum absolute atomic E-state index is 12.7. The van der Waals surface area contributed by atoms with Gasteiger partial charge in [0.15, 0.2) is 0 Å². The number of nitrogens with zero attached hydrogens (tertiary/aromatic N) is 2. The van der Waals surface area contributed by atoms with Gasteiger partial charge in [0.05, 0.1) is 6.61 Å². The molecule has 0 saturated carbocycles. The molecule has 1 aromatic rings. The third-order valence-corrected chi connectivity index (χ3v) is 5.46. The summed E-state index contributed by atoms with van der Waals surface area (Å²) in [6.45, 7) is 2.71. The van der Waals surface area contributed by atoms with Crippen LogP contribution in [0.15, 0.2) is 30.3 Å². The largest absolute Gasteiger partial charge is 0.367 e. The van der Waals surface area contributed by atoms with E-state index in [1.165, 1.54) is 0 Å². The molecule has 0 aliphatic carbocycles. The van der Waals surface area contributed by atoms with Crippen LogP contribution in [0.4, 0.5) is 0 Å². The molecule has 24 heavy (non-hydrogen) atoms. The van der Waals surface area contributed by atoms with Crippen LogP contribution in [0.3, 0.4) is 0 Å². The van der Waals surface area contributed by atoms with Crippen LogP contribution in [-0.2, 0) is 20.9 Å². The van der Waals surface area contributed by atoms with E-state index in [0.717, 1.165) is 43.0 Å². The Bertz CT molecular complexity index is 561. The fourth-order valence-corrected chi connectivity index (χ4v) is 4.13. The first-order chi connectivity index (χ1) is 11.8. The second-order valence-corrected chi connectivity index (χ2v) is 7.39. The highest BCUT2D eigenvalue weighted by Crippen LogP contribution is 2.21. The van der Waals surface area contributed by atoms with Crippen LogP contribution in [0.25, 0.3) is 0 Å². The summed E-state index contributed by atoms with van der Waals surface area (Å²) in [7, 11) is 0. The summed E-state index contributed by atoms with van der Waals surface area (Å²) < 4.78 is 5.55. The van der Waals surface area contributed by atoms with E-state index in [1.54, 1.807) is 4.90 Å². The third-order valence-electron chi connectivity index (χ3n) is 4.52. The van der Waals surface area contributed by atoms with Crippen molar-refractivity contribution in [1.82, 2.24) is 9.80 Å². The molecule has 6 heteroatoms. The zero-order valence-corrected chi connectivity index (χ0v) is 14.7. The van der Waals surface area contributed by atoms with Crippen molar-refractivity contribution in [3.63, 3.8) is 0 Å². The predicted molar refractivity (Wildman–Crippen MR) is 94.7 cm³/mol. The molecule has 0 unspecified atom stereocenters.